The van der Waals surface area contributed by atoms with E-state index in [1.54, 1.807) is 6.07 Å². The molecule has 1 aliphatic heterocycles. The van der Waals surface area contributed by atoms with E-state index in [0.29, 0.717) is 13.0 Å². The normalized spacial score (nSPS) is 16.7. The topological polar surface area (TPSA) is 67.2 Å². The zero-order valence-corrected chi connectivity index (χ0v) is 10.4. The second-order valence-electron chi connectivity index (χ2n) is 4.64. The molecule has 1 amide bonds. The summed E-state index contributed by atoms with van der Waals surface area (Å²) in [5.41, 5.74) is 3.09. The third kappa shape index (κ3) is 2.59. The van der Waals surface area contributed by atoms with Gasteiger partial charge in [0.05, 0.1) is 6.54 Å². The van der Waals surface area contributed by atoms with Crippen molar-refractivity contribution in [3.63, 3.8) is 0 Å². The summed E-state index contributed by atoms with van der Waals surface area (Å²) in [5, 5.41) is 9.93. The molecule has 0 radical (unpaired) electrons. The summed E-state index contributed by atoms with van der Waals surface area (Å²) >= 11 is 0. The van der Waals surface area contributed by atoms with Gasteiger partial charge in [0, 0.05) is 30.6 Å². The Hall–Kier alpha value is -2.30. The Labute approximate surface area is 111 Å². The third-order valence-corrected chi connectivity index (χ3v) is 3.33. The van der Waals surface area contributed by atoms with Crippen molar-refractivity contribution in [2.24, 2.45) is 0 Å². The molecule has 2 heterocycles. The number of benzene rings is 1. The summed E-state index contributed by atoms with van der Waals surface area (Å²) in [6.45, 7) is 1.23. The molecule has 19 heavy (non-hydrogen) atoms. The van der Waals surface area contributed by atoms with Gasteiger partial charge in [-0.2, -0.15) is 0 Å². The third-order valence-electron chi connectivity index (χ3n) is 3.33. The highest BCUT2D eigenvalue weighted by Crippen LogP contribution is 2.32. The first kappa shape index (κ1) is 11.8. The van der Waals surface area contributed by atoms with Crippen molar-refractivity contribution < 1.29 is 9.32 Å². The highest BCUT2D eigenvalue weighted by molar-refractivity contribution is 5.78. The van der Waals surface area contributed by atoms with E-state index in [1.807, 2.05) is 18.2 Å². The lowest BCUT2D eigenvalue weighted by Crippen LogP contribution is -2.25. The van der Waals surface area contributed by atoms with Crippen molar-refractivity contribution in [1.82, 2.24) is 10.5 Å². The minimum atomic E-state index is 0.0338. The van der Waals surface area contributed by atoms with Gasteiger partial charge in [0.15, 0.2) is 0 Å². The van der Waals surface area contributed by atoms with Gasteiger partial charge in [0.25, 0.3) is 0 Å². The van der Waals surface area contributed by atoms with Crippen LogP contribution in [0.2, 0.25) is 0 Å². The zero-order valence-electron chi connectivity index (χ0n) is 10.4. The Balaban J connectivity index is 1.56. The van der Waals surface area contributed by atoms with Gasteiger partial charge in [-0.05, 0) is 11.6 Å². The van der Waals surface area contributed by atoms with E-state index in [2.05, 4.69) is 21.9 Å². The molecule has 1 aromatic carbocycles. The molecule has 0 fully saturated rings. The summed E-state index contributed by atoms with van der Waals surface area (Å²) in [6, 6.07) is 9.87. The van der Waals surface area contributed by atoms with Crippen LogP contribution < -0.4 is 10.6 Å². The first-order valence-electron chi connectivity index (χ1n) is 6.31. The second kappa shape index (κ2) is 5.14. The summed E-state index contributed by atoms with van der Waals surface area (Å²) < 4.78 is 4.72. The molecule has 98 valence electrons. The van der Waals surface area contributed by atoms with Gasteiger partial charge < -0.3 is 15.2 Å². The number of anilines is 1. The summed E-state index contributed by atoms with van der Waals surface area (Å²) in [4.78, 5) is 11.9. The molecule has 2 aromatic rings. The Morgan fingerprint density at radius 1 is 1.42 bits per heavy atom. The maximum Gasteiger partial charge on any atom is 0.221 e. The average Bonchev–Trinajstić information content (AvgIpc) is 3.07. The van der Waals surface area contributed by atoms with Gasteiger partial charge in [-0.25, -0.2) is 0 Å². The summed E-state index contributed by atoms with van der Waals surface area (Å²) in [7, 11) is 0. The molecule has 1 unspecified atom stereocenters. The van der Waals surface area contributed by atoms with Gasteiger partial charge in [-0.3, -0.25) is 4.79 Å². The van der Waals surface area contributed by atoms with Crippen molar-refractivity contribution in [2.45, 2.75) is 18.9 Å². The van der Waals surface area contributed by atoms with Crippen molar-refractivity contribution in [2.75, 3.05) is 11.9 Å². The number of carbonyl (C=O) groups excluding carboxylic acids is 1. The van der Waals surface area contributed by atoms with Gasteiger partial charge >= 0.3 is 0 Å². The molecule has 1 aliphatic rings. The molecule has 1 aromatic heterocycles. The van der Waals surface area contributed by atoms with Crippen LogP contribution in [0.15, 0.2) is 41.1 Å². The minimum absolute atomic E-state index is 0.0338. The number of carbonyl (C=O) groups is 1. The fourth-order valence-electron chi connectivity index (χ4n) is 2.35. The highest BCUT2D eigenvalue weighted by Gasteiger charge is 2.23. The lowest BCUT2D eigenvalue weighted by atomic mass is 9.97. The fourth-order valence-corrected chi connectivity index (χ4v) is 2.35. The van der Waals surface area contributed by atoms with E-state index in [0.717, 1.165) is 17.9 Å². The van der Waals surface area contributed by atoms with Gasteiger partial charge in [0.1, 0.15) is 12.0 Å². The van der Waals surface area contributed by atoms with Gasteiger partial charge in [-0.15, -0.1) is 0 Å². The van der Waals surface area contributed by atoms with Gasteiger partial charge in [-0.1, -0.05) is 23.4 Å². The Kier molecular flexibility index (Phi) is 3.18. The molecule has 5 nitrogen and oxygen atoms in total. The minimum Gasteiger partial charge on any atom is -0.384 e. The molecule has 0 saturated heterocycles. The summed E-state index contributed by atoms with van der Waals surface area (Å²) in [5.74, 6) is 0.278. The number of amides is 1. The van der Waals surface area contributed by atoms with E-state index in [-0.39, 0.29) is 11.8 Å². The standard InChI is InChI=1S/C14H15N3O2/c18-14(16-9-11-5-6-19-17-11)7-10-8-15-13-4-2-1-3-12(10)13/h1-6,10,15H,7-9H2,(H,16,18). The second-order valence-corrected chi connectivity index (χ2v) is 4.64. The van der Waals surface area contributed by atoms with Gasteiger partial charge in [0.2, 0.25) is 5.91 Å². The number of aromatic nitrogens is 1. The van der Waals surface area contributed by atoms with Crippen LogP contribution >= 0.6 is 0 Å². The van der Waals surface area contributed by atoms with Crippen LogP contribution in [-0.2, 0) is 11.3 Å². The van der Waals surface area contributed by atoms with Crippen LogP contribution in [0, 0.1) is 0 Å². The quantitative estimate of drug-likeness (QED) is 0.877. The van der Waals surface area contributed by atoms with E-state index in [9.17, 15) is 4.79 Å². The van der Waals surface area contributed by atoms with Crippen molar-refractivity contribution in [1.29, 1.82) is 0 Å². The lowest BCUT2D eigenvalue weighted by Gasteiger charge is -2.09. The largest absolute Gasteiger partial charge is 0.384 e. The first-order valence-corrected chi connectivity index (χ1v) is 6.31. The molecule has 2 N–H and O–H groups in total. The maximum atomic E-state index is 11.9. The Bertz CT molecular complexity index is 566. The predicted molar refractivity (Wildman–Crippen MR) is 70.6 cm³/mol. The van der Waals surface area contributed by atoms with Crippen molar-refractivity contribution in [3.05, 3.63) is 47.9 Å². The monoisotopic (exact) mass is 257 g/mol. The number of para-hydroxylation sites is 1. The van der Waals surface area contributed by atoms with E-state index < -0.39 is 0 Å². The molecule has 0 spiro atoms. The molecule has 5 heteroatoms. The van der Waals surface area contributed by atoms with E-state index in [1.165, 1.54) is 11.8 Å². The van der Waals surface area contributed by atoms with Crippen LogP contribution in [0.5, 0.6) is 0 Å². The molecule has 3 rings (SSSR count). The first-order chi connectivity index (χ1) is 9.33. The lowest BCUT2D eigenvalue weighted by molar-refractivity contribution is -0.121. The van der Waals surface area contributed by atoms with Crippen LogP contribution in [0.25, 0.3) is 0 Å². The van der Waals surface area contributed by atoms with Crippen molar-refractivity contribution in [3.8, 4) is 0 Å². The number of nitrogens with one attached hydrogen (secondary N) is 2. The van der Waals surface area contributed by atoms with Crippen LogP contribution in [0.1, 0.15) is 23.6 Å². The molecule has 0 aliphatic carbocycles. The number of fused-ring (bicyclic) bond motifs is 1. The molecule has 0 saturated carbocycles. The Morgan fingerprint density at radius 3 is 3.16 bits per heavy atom. The zero-order chi connectivity index (χ0) is 13.1. The maximum absolute atomic E-state index is 11.9. The SMILES string of the molecule is O=C(CC1CNc2ccccc21)NCc1ccon1. The van der Waals surface area contributed by atoms with E-state index >= 15 is 0 Å². The number of rotatable bonds is 4. The Morgan fingerprint density at radius 2 is 2.32 bits per heavy atom. The van der Waals surface area contributed by atoms with Crippen molar-refractivity contribution >= 4 is 11.6 Å². The smallest absolute Gasteiger partial charge is 0.221 e. The highest BCUT2D eigenvalue weighted by atomic mass is 16.5. The number of hydrogen-bond donors (Lipinski definition) is 2. The van der Waals surface area contributed by atoms with Crippen LogP contribution in [-0.4, -0.2) is 17.6 Å². The van der Waals surface area contributed by atoms with E-state index in [4.69, 9.17) is 4.52 Å². The molecular formula is C14H15N3O2. The number of nitrogens with zero attached hydrogens (tertiary/aromatic N) is 1. The average molecular weight is 257 g/mol. The molecule has 1 atom stereocenters. The summed E-state index contributed by atoms with van der Waals surface area (Å²) in [6.07, 6.45) is 1.99. The van der Waals surface area contributed by atoms with Crippen LogP contribution in [0.3, 0.4) is 0 Å². The fraction of sp³-hybridized carbons (Fsp3) is 0.286. The predicted octanol–water partition coefficient (Wildman–Crippen LogP) is 1.89. The number of hydrogen-bond acceptors (Lipinski definition) is 4. The molecule has 0 bridgehead atoms. The molecular weight excluding hydrogens is 242 g/mol. The van der Waals surface area contributed by atoms with Crippen LogP contribution in [0.4, 0.5) is 5.69 Å².